The van der Waals surface area contributed by atoms with Gasteiger partial charge in [-0.05, 0) is 42.0 Å². The quantitative estimate of drug-likeness (QED) is 0.517. The van der Waals surface area contributed by atoms with Crippen molar-refractivity contribution in [3.8, 4) is 6.07 Å². The van der Waals surface area contributed by atoms with Gasteiger partial charge in [0.1, 0.15) is 0 Å². The molecule has 0 aliphatic carbocycles. The average molecular weight is 391 g/mol. The number of nitrogens with zero attached hydrogens (tertiary/aromatic N) is 2. The Morgan fingerprint density at radius 3 is 2.50 bits per heavy atom. The average Bonchev–Trinajstić information content (AvgIpc) is 2.83. The zero-order chi connectivity index (χ0) is 17.3. The lowest BCUT2D eigenvalue weighted by atomic mass is 10.1. The molecule has 0 saturated carbocycles. The zero-order valence-electron chi connectivity index (χ0n) is 12.0. The third-order valence-corrected chi connectivity index (χ3v) is 5.12. The minimum Gasteiger partial charge on any atom is -0.268 e. The summed E-state index contributed by atoms with van der Waals surface area (Å²) >= 11 is 18.6. The van der Waals surface area contributed by atoms with Crippen LogP contribution in [0.15, 0.2) is 47.4 Å². The Labute approximate surface area is 158 Å². The number of rotatable bonds is 2. The van der Waals surface area contributed by atoms with Crippen molar-refractivity contribution >= 4 is 69.2 Å². The number of carbonyl (C=O) groups excluding carboxylic acids is 1. The Morgan fingerprint density at radius 1 is 1.17 bits per heavy atom. The maximum absolute atomic E-state index is 12.7. The molecule has 0 radical (unpaired) electrons. The van der Waals surface area contributed by atoms with Crippen LogP contribution in [0.2, 0.25) is 10.0 Å². The Morgan fingerprint density at radius 2 is 1.88 bits per heavy atom. The third kappa shape index (κ3) is 3.33. The van der Waals surface area contributed by atoms with Crippen LogP contribution < -0.4 is 4.90 Å². The normalized spacial score (nSPS) is 15.9. The van der Waals surface area contributed by atoms with Crippen LogP contribution in [0.25, 0.3) is 6.08 Å². The summed E-state index contributed by atoms with van der Waals surface area (Å²) in [7, 11) is 0. The third-order valence-electron chi connectivity index (χ3n) is 3.28. The van der Waals surface area contributed by atoms with Gasteiger partial charge in [-0.3, -0.25) is 9.69 Å². The summed E-state index contributed by atoms with van der Waals surface area (Å²) in [5.41, 5.74) is 1.89. The largest absolute Gasteiger partial charge is 0.270 e. The smallest absolute Gasteiger partial charge is 0.268 e. The summed E-state index contributed by atoms with van der Waals surface area (Å²) in [6, 6.07) is 13.9. The first-order valence-corrected chi connectivity index (χ1v) is 8.71. The fourth-order valence-corrected chi connectivity index (χ4v) is 3.92. The van der Waals surface area contributed by atoms with Crippen molar-refractivity contribution in [3.63, 3.8) is 0 Å². The molecule has 0 spiro atoms. The van der Waals surface area contributed by atoms with E-state index in [0.717, 1.165) is 5.56 Å². The van der Waals surface area contributed by atoms with E-state index in [2.05, 4.69) is 6.07 Å². The molecule has 0 unspecified atom stereocenters. The van der Waals surface area contributed by atoms with Gasteiger partial charge in [0.15, 0.2) is 4.32 Å². The highest BCUT2D eigenvalue weighted by molar-refractivity contribution is 8.27. The number of nitriles is 1. The first kappa shape index (κ1) is 17.0. The molecule has 0 atom stereocenters. The Hall–Kier alpha value is -1.84. The van der Waals surface area contributed by atoms with Crippen LogP contribution in [0.4, 0.5) is 5.69 Å². The van der Waals surface area contributed by atoms with E-state index in [9.17, 15) is 4.79 Å². The zero-order valence-corrected chi connectivity index (χ0v) is 15.1. The van der Waals surface area contributed by atoms with Gasteiger partial charge in [0.2, 0.25) is 0 Å². The molecule has 1 aliphatic rings. The molecule has 1 aliphatic heterocycles. The number of carbonyl (C=O) groups is 1. The van der Waals surface area contributed by atoms with Gasteiger partial charge in [0.25, 0.3) is 5.91 Å². The number of thiocarbonyl (C=S) groups is 1. The van der Waals surface area contributed by atoms with Crippen LogP contribution in [0.3, 0.4) is 0 Å². The number of hydrogen-bond acceptors (Lipinski definition) is 4. The Kier molecular flexibility index (Phi) is 4.93. The first-order chi connectivity index (χ1) is 11.5. The lowest BCUT2D eigenvalue weighted by Crippen LogP contribution is -2.27. The molecule has 3 nitrogen and oxygen atoms in total. The maximum Gasteiger partial charge on any atom is 0.270 e. The summed E-state index contributed by atoms with van der Waals surface area (Å²) in [5, 5.41) is 9.67. The van der Waals surface area contributed by atoms with Crippen LogP contribution in [-0.4, -0.2) is 10.2 Å². The molecule has 2 aromatic rings. The molecule has 0 bridgehead atoms. The molecule has 118 valence electrons. The van der Waals surface area contributed by atoms with Crippen molar-refractivity contribution < 1.29 is 4.79 Å². The van der Waals surface area contributed by atoms with Crippen LogP contribution >= 0.6 is 47.2 Å². The van der Waals surface area contributed by atoms with Gasteiger partial charge in [0, 0.05) is 5.02 Å². The number of anilines is 1. The van der Waals surface area contributed by atoms with Crippen molar-refractivity contribution in [3.05, 3.63) is 68.5 Å². The van der Waals surface area contributed by atoms with E-state index >= 15 is 0 Å². The highest BCUT2D eigenvalue weighted by Gasteiger charge is 2.34. The summed E-state index contributed by atoms with van der Waals surface area (Å²) in [5.74, 6) is -0.237. The van der Waals surface area contributed by atoms with Crippen LogP contribution in [0.5, 0.6) is 0 Å². The monoisotopic (exact) mass is 390 g/mol. The van der Waals surface area contributed by atoms with E-state index in [1.165, 1.54) is 16.7 Å². The van der Waals surface area contributed by atoms with E-state index < -0.39 is 0 Å². The Bertz CT molecular complexity index is 917. The molecule has 1 saturated heterocycles. The standard InChI is InChI=1S/C17H8Cl2N2OS2/c18-12-5-6-14(13(19)8-12)21-16(22)15(24-17(21)23)7-10-1-3-11(9-20)4-2-10/h1-8H/b15-7-. The van der Waals surface area contributed by atoms with Crippen molar-refractivity contribution in [2.75, 3.05) is 4.90 Å². The van der Waals surface area contributed by atoms with Gasteiger partial charge >= 0.3 is 0 Å². The van der Waals surface area contributed by atoms with E-state index in [1.807, 2.05) is 0 Å². The Balaban J connectivity index is 1.93. The fourth-order valence-electron chi connectivity index (χ4n) is 2.14. The summed E-state index contributed by atoms with van der Waals surface area (Å²) in [6.45, 7) is 0. The molecule has 24 heavy (non-hydrogen) atoms. The topological polar surface area (TPSA) is 44.1 Å². The number of thioether (sulfide) groups is 1. The first-order valence-electron chi connectivity index (χ1n) is 6.73. The number of hydrogen-bond donors (Lipinski definition) is 0. The van der Waals surface area contributed by atoms with Gasteiger partial charge in [-0.25, -0.2) is 0 Å². The van der Waals surface area contributed by atoms with Crippen LogP contribution in [-0.2, 0) is 4.79 Å². The molecule has 2 aromatic carbocycles. The molecule has 1 fully saturated rings. The van der Waals surface area contributed by atoms with Crippen molar-refractivity contribution in [1.82, 2.24) is 0 Å². The van der Waals surface area contributed by atoms with Gasteiger partial charge in [-0.1, -0.05) is 59.3 Å². The molecule has 0 N–H and O–H groups in total. The number of halogens is 2. The fraction of sp³-hybridized carbons (Fsp3) is 0. The van der Waals surface area contributed by atoms with Crippen LogP contribution in [0.1, 0.15) is 11.1 Å². The van der Waals surface area contributed by atoms with Gasteiger partial charge in [-0.2, -0.15) is 5.26 Å². The van der Waals surface area contributed by atoms with E-state index in [4.69, 9.17) is 40.7 Å². The lowest BCUT2D eigenvalue weighted by molar-refractivity contribution is -0.113. The molecule has 7 heteroatoms. The second kappa shape index (κ2) is 6.96. The minimum absolute atomic E-state index is 0.237. The van der Waals surface area contributed by atoms with Gasteiger partial charge < -0.3 is 0 Å². The molecular weight excluding hydrogens is 383 g/mol. The SMILES string of the molecule is N#Cc1ccc(/C=C2\SC(=S)N(c3ccc(Cl)cc3Cl)C2=O)cc1. The highest BCUT2D eigenvalue weighted by Crippen LogP contribution is 2.39. The van der Waals surface area contributed by atoms with Gasteiger partial charge in [0.05, 0.1) is 27.2 Å². The van der Waals surface area contributed by atoms with E-state index in [1.54, 1.807) is 48.5 Å². The maximum atomic E-state index is 12.7. The van der Waals surface area contributed by atoms with Crippen molar-refractivity contribution in [2.24, 2.45) is 0 Å². The molecule has 3 rings (SSSR count). The van der Waals surface area contributed by atoms with Gasteiger partial charge in [-0.15, -0.1) is 0 Å². The highest BCUT2D eigenvalue weighted by atomic mass is 35.5. The molecular formula is C17H8Cl2N2OS2. The number of amides is 1. The van der Waals surface area contributed by atoms with Crippen molar-refractivity contribution in [2.45, 2.75) is 0 Å². The summed E-state index contributed by atoms with van der Waals surface area (Å²) in [6.07, 6.45) is 1.74. The van der Waals surface area contributed by atoms with Crippen LogP contribution in [0, 0.1) is 11.3 Å². The number of benzene rings is 2. The minimum atomic E-state index is -0.237. The summed E-state index contributed by atoms with van der Waals surface area (Å²) < 4.78 is 0.407. The van der Waals surface area contributed by atoms with E-state index in [-0.39, 0.29) is 5.91 Å². The van der Waals surface area contributed by atoms with E-state index in [0.29, 0.717) is 30.5 Å². The predicted molar refractivity (Wildman–Crippen MR) is 103 cm³/mol. The molecule has 0 aromatic heterocycles. The second-order valence-electron chi connectivity index (χ2n) is 4.85. The summed E-state index contributed by atoms with van der Waals surface area (Å²) in [4.78, 5) is 14.6. The molecule has 1 heterocycles. The van der Waals surface area contributed by atoms with Crippen molar-refractivity contribution in [1.29, 1.82) is 5.26 Å². The second-order valence-corrected chi connectivity index (χ2v) is 7.37. The lowest BCUT2D eigenvalue weighted by Gasteiger charge is -2.16. The molecule has 1 amide bonds. The predicted octanol–water partition coefficient (Wildman–Crippen LogP) is 5.27.